The zero-order chi connectivity index (χ0) is 12.6. The normalized spacial score (nSPS) is 17.2. The lowest BCUT2D eigenvalue weighted by molar-refractivity contribution is 0.0822. The Labute approximate surface area is 110 Å². The predicted molar refractivity (Wildman–Crippen MR) is 76.5 cm³/mol. The summed E-state index contributed by atoms with van der Waals surface area (Å²) < 4.78 is 5.74. The fourth-order valence-electron chi connectivity index (χ4n) is 1.83. The number of nitrogens with one attached hydrogen (secondary N) is 1. The van der Waals surface area contributed by atoms with Gasteiger partial charge in [0, 0.05) is 6.04 Å². The van der Waals surface area contributed by atoms with Crippen molar-refractivity contribution < 1.29 is 4.74 Å². The maximum Gasteiger partial charge on any atom is 0.0654 e. The van der Waals surface area contributed by atoms with E-state index in [1.807, 2.05) is 18.2 Å². The van der Waals surface area contributed by atoms with Gasteiger partial charge >= 0.3 is 0 Å². The molecule has 2 rings (SSSR count). The van der Waals surface area contributed by atoms with E-state index in [0.717, 1.165) is 19.0 Å². The van der Waals surface area contributed by atoms with Gasteiger partial charge in [-0.05, 0) is 38.3 Å². The minimum absolute atomic E-state index is 0.330. The van der Waals surface area contributed by atoms with Crippen molar-refractivity contribution in [3.8, 4) is 0 Å². The summed E-state index contributed by atoms with van der Waals surface area (Å²) in [5, 5.41) is 3.51. The Bertz CT molecular complexity index is 357. The van der Waals surface area contributed by atoms with Crippen LogP contribution in [0.4, 0.5) is 0 Å². The molecule has 98 valence electrons. The van der Waals surface area contributed by atoms with Gasteiger partial charge in [0.2, 0.25) is 0 Å². The quantitative estimate of drug-likeness (QED) is 0.759. The van der Waals surface area contributed by atoms with Crippen LogP contribution in [0.5, 0.6) is 0 Å². The second kappa shape index (κ2) is 7.34. The van der Waals surface area contributed by atoms with Gasteiger partial charge in [0.1, 0.15) is 0 Å². The molecule has 1 unspecified atom stereocenters. The Hall–Kier alpha value is -1.12. The average Bonchev–Trinajstić information content (AvgIpc) is 3.20. The average molecular weight is 245 g/mol. The number of hydrogen-bond acceptors (Lipinski definition) is 2. The van der Waals surface area contributed by atoms with Crippen LogP contribution in [0, 0.1) is 0 Å². The first-order valence-electron chi connectivity index (χ1n) is 6.91. The van der Waals surface area contributed by atoms with Crippen LogP contribution in [0.3, 0.4) is 0 Å². The van der Waals surface area contributed by atoms with Crippen LogP contribution in [0.1, 0.15) is 31.7 Å². The highest BCUT2D eigenvalue weighted by atomic mass is 16.5. The third-order valence-corrected chi connectivity index (χ3v) is 3.15. The number of benzene rings is 1. The van der Waals surface area contributed by atoms with Gasteiger partial charge in [0.05, 0.1) is 12.7 Å². The van der Waals surface area contributed by atoms with E-state index in [1.54, 1.807) is 0 Å². The topological polar surface area (TPSA) is 21.3 Å². The Balaban J connectivity index is 1.54. The molecule has 1 saturated carbocycles. The molecule has 0 spiro atoms. The van der Waals surface area contributed by atoms with Gasteiger partial charge in [0.25, 0.3) is 0 Å². The lowest BCUT2D eigenvalue weighted by Crippen LogP contribution is -2.22. The van der Waals surface area contributed by atoms with E-state index in [2.05, 4.69) is 36.5 Å². The number of rotatable bonds is 8. The maximum absolute atomic E-state index is 5.74. The van der Waals surface area contributed by atoms with E-state index in [1.165, 1.54) is 18.4 Å². The van der Waals surface area contributed by atoms with Gasteiger partial charge in [0.15, 0.2) is 0 Å². The Morgan fingerprint density at radius 3 is 2.83 bits per heavy atom. The smallest absolute Gasteiger partial charge is 0.0654 e. The van der Waals surface area contributed by atoms with Crippen molar-refractivity contribution >= 4 is 6.08 Å². The molecule has 0 radical (unpaired) electrons. The van der Waals surface area contributed by atoms with Crippen molar-refractivity contribution in [1.82, 2.24) is 5.32 Å². The minimum atomic E-state index is 0.330. The molecule has 0 heterocycles. The van der Waals surface area contributed by atoms with E-state index in [-0.39, 0.29) is 0 Å². The molecule has 0 amide bonds. The molecule has 1 aromatic rings. The molecule has 1 N–H and O–H groups in total. The first-order chi connectivity index (χ1) is 8.84. The van der Waals surface area contributed by atoms with Gasteiger partial charge in [-0.15, -0.1) is 0 Å². The molecule has 0 aromatic heterocycles. The third-order valence-electron chi connectivity index (χ3n) is 3.15. The van der Waals surface area contributed by atoms with Crippen LogP contribution in [0.2, 0.25) is 0 Å². The van der Waals surface area contributed by atoms with Crippen molar-refractivity contribution in [2.24, 2.45) is 0 Å². The summed E-state index contributed by atoms with van der Waals surface area (Å²) in [5.41, 5.74) is 1.23. The van der Waals surface area contributed by atoms with Crippen LogP contribution < -0.4 is 5.32 Å². The molecule has 1 aliphatic carbocycles. The van der Waals surface area contributed by atoms with Gasteiger partial charge in [-0.2, -0.15) is 0 Å². The van der Waals surface area contributed by atoms with E-state index < -0.39 is 0 Å². The number of hydrogen-bond donors (Lipinski definition) is 1. The summed E-state index contributed by atoms with van der Waals surface area (Å²) >= 11 is 0. The second-order valence-electron chi connectivity index (χ2n) is 4.97. The molecule has 1 fully saturated rings. The van der Waals surface area contributed by atoms with Crippen LogP contribution >= 0.6 is 0 Å². The first-order valence-corrected chi connectivity index (χ1v) is 6.91. The second-order valence-corrected chi connectivity index (χ2v) is 4.97. The fraction of sp³-hybridized carbons (Fsp3) is 0.500. The first kappa shape index (κ1) is 13.3. The summed E-state index contributed by atoms with van der Waals surface area (Å²) in [6.07, 6.45) is 8.33. The molecule has 2 heteroatoms. The van der Waals surface area contributed by atoms with E-state index in [0.29, 0.717) is 12.7 Å². The third kappa shape index (κ3) is 5.48. The van der Waals surface area contributed by atoms with Gasteiger partial charge in [-0.3, -0.25) is 0 Å². The van der Waals surface area contributed by atoms with Crippen LogP contribution in [0.15, 0.2) is 36.4 Å². The maximum atomic E-state index is 5.74. The lowest BCUT2D eigenvalue weighted by Gasteiger charge is -2.11. The summed E-state index contributed by atoms with van der Waals surface area (Å²) in [5.74, 6) is 0. The molecule has 0 bridgehead atoms. The predicted octanol–water partition coefficient (Wildman–Crippen LogP) is 3.25. The van der Waals surface area contributed by atoms with Crippen LogP contribution in [0.25, 0.3) is 6.08 Å². The van der Waals surface area contributed by atoms with Crippen LogP contribution in [-0.4, -0.2) is 25.3 Å². The summed E-state index contributed by atoms with van der Waals surface area (Å²) in [6.45, 7) is 3.92. The molecule has 2 nitrogen and oxygen atoms in total. The van der Waals surface area contributed by atoms with Crippen molar-refractivity contribution in [2.75, 3.05) is 13.2 Å². The van der Waals surface area contributed by atoms with E-state index >= 15 is 0 Å². The van der Waals surface area contributed by atoms with E-state index in [9.17, 15) is 0 Å². The van der Waals surface area contributed by atoms with Gasteiger partial charge in [-0.25, -0.2) is 0 Å². The number of ether oxygens (including phenoxy) is 1. The zero-order valence-electron chi connectivity index (χ0n) is 11.1. The van der Waals surface area contributed by atoms with Gasteiger partial charge in [-0.1, -0.05) is 42.5 Å². The monoisotopic (exact) mass is 245 g/mol. The minimum Gasteiger partial charge on any atom is -0.374 e. The van der Waals surface area contributed by atoms with E-state index in [4.69, 9.17) is 4.74 Å². The van der Waals surface area contributed by atoms with Crippen molar-refractivity contribution in [3.05, 3.63) is 42.0 Å². The molecule has 1 atom stereocenters. The fourth-order valence-corrected chi connectivity index (χ4v) is 1.83. The van der Waals surface area contributed by atoms with Crippen LogP contribution in [-0.2, 0) is 4.74 Å². The SMILES string of the molecule is CC(CCNC1CC1)OCC=Cc1ccccc1. The molecule has 0 aliphatic heterocycles. The Morgan fingerprint density at radius 2 is 2.11 bits per heavy atom. The lowest BCUT2D eigenvalue weighted by atomic mass is 10.2. The molecule has 0 saturated heterocycles. The molecular formula is C16H23NO. The molecule has 1 aliphatic rings. The van der Waals surface area contributed by atoms with Crippen molar-refractivity contribution in [1.29, 1.82) is 0 Å². The Kier molecular flexibility index (Phi) is 5.43. The van der Waals surface area contributed by atoms with Crippen molar-refractivity contribution in [2.45, 2.75) is 38.3 Å². The summed E-state index contributed by atoms with van der Waals surface area (Å²) in [7, 11) is 0. The molecular weight excluding hydrogens is 222 g/mol. The summed E-state index contributed by atoms with van der Waals surface area (Å²) in [6, 6.07) is 11.1. The Morgan fingerprint density at radius 1 is 1.33 bits per heavy atom. The molecule has 1 aromatic carbocycles. The highest BCUT2D eigenvalue weighted by molar-refractivity contribution is 5.48. The largest absolute Gasteiger partial charge is 0.374 e. The van der Waals surface area contributed by atoms with Gasteiger partial charge < -0.3 is 10.1 Å². The standard InChI is InChI=1S/C16H23NO/c1-14(11-12-17-16-9-10-16)18-13-5-8-15-6-3-2-4-7-15/h2-8,14,16-17H,9-13H2,1H3. The summed E-state index contributed by atoms with van der Waals surface area (Å²) in [4.78, 5) is 0. The van der Waals surface area contributed by atoms with Crippen molar-refractivity contribution in [3.63, 3.8) is 0 Å². The zero-order valence-corrected chi connectivity index (χ0v) is 11.1. The highest BCUT2D eigenvalue weighted by Gasteiger charge is 2.19. The molecule has 18 heavy (non-hydrogen) atoms. The highest BCUT2D eigenvalue weighted by Crippen LogP contribution is 2.18.